The number of anilines is 1. The molecule has 1 unspecified atom stereocenters. The van der Waals surface area contributed by atoms with E-state index in [9.17, 15) is 9.18 Å². The third-order valence-corrected chi connectivity index (χ3v) is 4.24. The maximum absolute atomic E-state index is 12.9. The first-order valence-electron chi connectivity index (χ1n) is 7.33. The number of rotatable bonds is 5. The molecule has 122 valence electrons. The molecule has 3 aromatic rings. The maximum Gasteiger partial charge on any atom is 0.237 e. The molecule has 0 bridgehead atoms. The predicted octanol–water partition coefficient (Wildman–Crippen LogP) is 3.73. The van der Waals surface area contributed by atoms with Crippen LogP contribution in [0.15, 0.2) is 59.8 Å². The zero-order chi connectivity index (χ0) is 16.9. The monoisotopic (exact) mass is 342 g/mol. The normalized spacial score (nSPS) is 11.9. The molecule has 0 spiro atoms. The Kier molecular flexibility index (Phi) is 4.90. The first-order chi connectivity index (χ1) is 11.6. The summed E-state index contributed by atoms with van der Waals surface area (Å²) in [5, 5.41) is 9.84. The number of aromatic nitrogens is 3. The predicted molar refractivity (Wildman–Crippen MR) is 92.2 cm³/mol. The van der Waals surface area contributed by atoms with Crippen LogP contribution in [0.25, 0.3) is 11.4 Å². The Morgan fingerprint density at radius 1 is 1.17 bits per heavy atom. The fourth-order valence-electron chi connectivity index (χ4n) is 2.01. The highest BCUT2D eigenvalue weighted by Crippen LogP contribution is 2.23. The summed E-state index contributed by atoms with van der Waals surface area (Å²) in [5.74, 6) is 0.117. The van der Waals surface area contributed by atoms with Crippen molar-refractivity contribution in [2.75, 3.05) is 5.32 Å². The Hall–Kier alpha value is -2.67. The van der Waals surface area contributed by atoms with Gasteiger partial charge in [-0.25, -0.2) is 9.37 Å². The van der Waals surface area contributed by atoms with Crippen LogP contribution in [0.1, 0.15) is 6.92 Å². The maximum atomic E-state index is 12.9. The Balaban J connectivity index is 1.62. The molecule has 0 saturated carbocycles. The van der Waals surface area contributed by atoms with Crippen LogP contribution in [0.2, 0.25) is 0 Å². The number of amides is 1. The van der Waals surface area contributed by atoms with Crippen LogP contribution < -0.4 is 5.32 Å². The molecule has 1 heterocycles. The molecule has 1 amide bonds. The van der Waals surface area contributed by atoms with E-state index in [1.54, 1.807) is 6.92 Å². The van der Waals surface area contributed by atoms with E-state index in [4.69, 9.17) is 0 Å². The number of carbonyl (C=O) groups is 1. The number of halogens is 1. The lowest BCUT2D eigenvalue weighted by atomic mass is 10.2. The summed E-state index contributed by atoms with van der Waals surface area (Å²) in [7, 11) is 0. The van der Waals surface area contributed by atoms with Crippen molar-refractivity contribution in [1.29, 1.82) is 0 Å². The lowest BCUT2D eigenvalue weighted by Crippen LogP contribution is -2.22. The number of hydrogen-bond donors (Lipinski definition) is 2. The Labute approximate surface area is 142 Å². The summed E-state index contributed by atoms with van der Waals surface area (Å²) in [5.41, 5.74) is 1.48. The highest BCUT2D eigenvalue weighted by molar-refractivity contribution is 8.00. The molecule has 24 heavy (non-hydrogen) atoms. The topological polar surface area (TPSA) is 70.7 Å². The third-order valence-electron chi connectivity index (χ3n) is 3.28. The molecule has 3 rings (SSSR count). The van der Waals surface area contributed by atoms with Gasteiger partial charge >= 0.3 is 0 Å². The standard InChI is InChI=1S/C17H15FN4OS/c1-11(16(23)19-14-9-7-13(18)8-10-14)24-17-20-15(21-22-17)12-5-3-2-4-6-12/h2-11H,1H3,(H,19,23)(H,20,21,22). The van der Waals surface area contributed by atoms with Gasteiger partial charge in [-0.1, -0.05) is 42.1 Å². The first-order valence-corrected chi connectivity index (χ1v) is 8.21. The van der Waals surface area contributed by atoms with Gasteiger partial charge < -0.3 is 5.32 Å². The molecule has 7 heteroatoms. The second-order valence-electron chi connectivity index (χ2n) is 5.09. The molecular formula is C17H15FN4OS. The van der Waals surface area contributed by atoms with Crippen LogP contribution in [0.4, 0.5) is 10.1 Å². The van der Waals surface area contributed by atoms with Gasteiger partial charge in [-0.15, -0.1) is 5.10 Å². The molecule has 0 aliphatic carbocycles. The Morgan fingerprint density at radius 2 is 1.88 bits per heavy atom. The number of hydrogen-bond acceptors (Lipinski definition) is 4. The zero-order valence-electron chi connectivity index (χ0n) is 12.9. The van der Waals surface area contributed by atoms with Gasteiger partial charge in [0.2, 0.25) is 11.1 Å². The molecule has 2 N–H and O–H groups in total. The van der Waals surface area contributed by atoms with Gasteiger partial charge in [-0.3, -0.25) is 9.89 Å². The largest absolute Gasteiger partial charge is 0.325 e. The van der Waals surface area contributed by atoms with E-state index in [1.807, 2.05) is 30.3 Å². The van der Waals surface area contributed by atoms with E-state index in [-0.39, 0.29) is 11.7 Å². The van der Waals surface area contributed by atoms with Crippen LogP contribution in [-0.4, -0.2) is 26.3 Å². The zero-order valence-corrected chi connectivity index (χ0v) is 13.7. The molecule has 0 aliphatic rings. The van der Waals surface area contributed by atoms with E-state index in [0.29, 0.717) is 16.7 Å². The van der Waals surface area contributed by atoms with Crippen LogP contribution in [0.5, 0.6) is 0 Å². The summed E-state index contributed by atoms with van der Waals surface area (Å²) >= 11 is 1.25. The fourth-order valence-corrected chi connectivity index (χ4v) is 2.74. The number of thioether (sulfide) groups is 1. The number of benzene rings is 2. The molecule has 0 fully saturated rings. The molecule has 2 aromatic carbocycles. The molecule has 1 atom stereocenters. The summed E-state index contributed by atoms with van der Waals surface area (Å²) in [6, 6.07) is 15.3. The van der Waals surface area contributed by atoms with Crippen LogP contribution in [0.3, 0.4) is 0 Å². The Morgan fingerprint density at radius 3 is 2.58 bits per heavy atom. The second kappa shape index (κ2) is 7.27. The van der Waals surface area contributed by atoms with Crippen molar-refractivity contribution in [3.05, 3.63) is 60.4 Å². The molecule has 0 aliphatic heterocycles. The lowest BCUT2D eigenvalue weighted by Gasteiger charge is -2.09. The smallest absolute Gasteiger partial charge is 0.237 e. The van der Waals surface area contributed by atoms with E-state index >= 15 is 0 Å². The lowest BCUT2D eigenvalue weighted by molar-refractivity contribution is -0.115. The van der Waals surface area contributed by atoms with Gasteiger partial charge in [0, 0.05) is 11.3 Å². The minimum absolute atomic E-state index is 0.197. The third kappa shape index (κ3) is 3.99. The van der Waals surface area contributed by atoms with Crippen LogP contribution in [0, 0.1) is 5.82 Å². The number of nitrogens with one attached hydrogen (secondary N) is 2. The first kappa shape index (κ1) is 16.2. The van der Waals surface area contributed by atoms with E-state index < -0.39 is 5.25 Å². The molecule has 0 saturated heterocycles. The average Bonchev–Trinajstić information content (AvgIpc) is 3.06. The van der Waals surface area contributed by atoms with Gasteiger partial charge in [0.1, 0.15) is 5.82 Å². The fraction of sp³-hybridized carbons (Fsp3) is 0.118. The Bertz CT molecular complexity index is 820. The minimum atomic E-state index is -0.394. The van der Waals surface area contributed by atoms with Crippen molar-refractivity contribution in [3.63, 3.8) is 0 Å². The quantitative estimate of drug-likeness (QED) is 0.693. The molecule has 1 aromatic heterocycles. The van der Waals surface area contributed by atoms with Crippen molar-refractivity contribution in [2.45, 2.75) is 17.3 Å². The van der Waals surface area contributed by atoms with Gasteiger partial charge in [0.15, 0.2) is 5.82 Å². The van der Waals surface area contributed by atoms with E-state index in [0.717, 1.165) is 5.56 Å². The number of aromatic amines is 1. The van der Waals surface area contributed by atoms with E-state index in [1.165, 1.54) is 36.0 Å². The molecular weight excluding hydrogens is 327 g/mol. The van der Waals surface area contributed by atoms with Crippen LogP contribution in [-0.2, 0) is 4.79 Å². The summed E-state index contributed by atoms with van der Waals surface area (Å²) < 4.78 is 12.9. The molecule has 0 radical (unpaired) electrons. The molecule has 5 nitrogen and oxygen atoms in total. The van der Waals surface area contributed by atoms with Gasteiger partial charge in [-0.2, -0.15) is 0 Å². The van der Waals surface area contributed by atoms with Crippen LogP contribution >= 0.6 is 11.8 Å². The van der Waals surface area contributed by atoms with Crippen molar-refractivity contribution in [1.82, 2.24) is 15.2 Å². The van der Waals surface area contributed by atoms with Crippen molar-refractivity contribution in [3.8, 4) is 11.4 Å². The highest BCUT2D eigenvalue weighted by atomic mass is 32.2. The summed E-state index contributed by atoms with van der Waals surface area (Å²) in [6.45, 7) is 1.77. The van der Waals surface area contributed by atoms with Gasteiger partial charge in [0.05, 0.1) is 5.25 Å². The average molecular weight is 342 g/mol. The van der Waals surface area contributed by atoms with Gasteiger partial charge in [-0.05, 0) is 31.2 Å². The van der Waals surface area contributed by atoms with Crippen molar-refractivity contribution < 1.29 is 9.18 Å². The van der Waals surface area contributed by atoms with Crippen molar-refractivity contribution in [2.24, 2.45) is 0 Å². The summed E-state index contributed by atoms with van der Waals surface area (Å²) in [4.78, 5) is 16.6. The highest BCUT2D eigenvalue weighted by Gasteiger charge is 2.17. The number of H-pyrrole nitrogens is 1. The number of nitrogens with zero attached hydrogens (tertiary/aromatic N) is 2. The van der Waals surface area contributed by atoms with Gasteiger partial charge in [0.25, 0.3) is 0 Å². The van der Waals surface area contributed by atoms with E-state index in [2.05, 4.69) is 20.5 Å². The summed E-state index contributed by atoms with van der Waals surface area (Å²) in [6.07, 6.45) is 0. The minimum Gasteiger partial charge on any atom is -0.325 e. The number of carbonyl (C=O) groups excluding carboxylic acids is 1. The van der Waals surface area contributed by atoms with Crippen molar-refractivity contribution >= 4 is 23.4 Å². The SMILES string of the molecule is CC(Sc1n[nH]c(-c2ccccc2)n1)C(=O)Nc1ccc(F)cc1. The second-order valence-corrected chi connectivity index (χ2v) is 6.40.